The Labute approximate surface area is 132 Å². The smallest absolute Gasteiger partial charge is 0.233 e. The molecule has 1 aliphatic heterocycles. The van der Waals surface area contributed by atoms with Crippen LogP contribution in [0.25, 0.3) is 0 Å². The molecule has 1 amide bonds. The molecule has 0 saturated heterocycles. The van der Waals surface area contributed by atoms with Crippen molar-refractivity contribution in [3.63, 3.8) is 0 Å². The zero-order chi connectivity index (χ0) is 14.7. The first-order chi connectivity index (χ1) is 10.3. The van der Waals surface area contributed by atoms with Crippen LogP contribution in [0, 0.1) is 0 Å². The SMILES string of the molecule is COc1ccc(SCC(=O)N2CCc3sccc3C2)cc1. The minimum Gasteiger partial charge on any atom is -0.497 e. The van der Waals surface area contributed by atoms with Gasteiger partial charge in [0.05, 0.1) is 12.9 Å². The van der Waals surface area contributed by atoms with Gasteiger partial charge >= 0.3 is 0 Å². The summed E-state index contributed by atoms with van der Waals surface area (Å²) in [6.45, 7) is 1.61. The maximum Gasteiger partial charge on any atom is 0.233 e. The van der Waals surface area contributed by atoms with Gasteiger partial charge in [-0.25, -0.2) is 0 Å². The number of thioether (sulfide) groups is 1. The Kier molecular flexibility index (Phi) is 4.51. The zero-order valence-corrected chi connectivity index (χ0v) is 13.5. The van der Waals surface area contributed by atoms with Crippen molar-refractivity contribution in [1.29, 1.82) is 0 Å². The van der Waals surface area contributed by atoms with Gasteiger partial charge in [-0.3, -0.25) is 4.79 Å². The summed E-state index contributed by atoms with van der Waals surface area (Å²) in [5, 5.41) is 2.12. The molecule has 1 aromatic heterocycles. The Balaban J connectivity index is 1.54. The minimum atomic E-state index is 0.215. The van der Waals surface area contributed by atoms with Gasteiger partial charge in [-0.2, -0.15) is 0 Å². The van der Waals surface area contributed by atoms with Crippen LogP contribution in [0.15, 0.2) is 40.6 Å². The number of hydrogen-bond acceptors (Lipinski definition) is 4. The largest absolute Gasteiger partial charge is 0.497 e. The van der Waals surface area contributed by atoms with E-state index in [1.54, 1.807) is 30.2 Å². The number of benzene rings is 1. The van der Waals surface area contributed by atoms with E-state index in [0.29, 0.717) is 5.75 Å². The van der Waals surface area contributed by atoms with E-state index < -0.39 is 0 Å². The molecular weight excluding hydrogens is 302 g/mol. The lowest BCUT2D eigenvalue weighted by atomic mass is 10.1. The molecule has 0 spiro atoms. The van der Waals surface area contributed by atoms with E-state index in [0.717, 1.165) is 30.2 Å². The minimum absolute atomic E-state index is 0.215. The van der Waals surface area contributed by atoms with E-state index in [1.165, 1.54) is 10.4 Å². The molecule has 2 heterocycles. The van der Waals surface area contributed by atoms with Crippen LogP contribution < -0.4 is 4.74 Å². The molecule has 0 N–H and O–H groups in total. The van der Waals surface area contributed by atoms with Crippen molar-refractivity contribution in [2.24, 2.45) is 0 Å². The fraction of sp³-hybridized carbons (Fsp3) is 0.312. The number of rotatable bonds is 4. The number of thiophene rings is 1. The van der Waals surface area contributed by atoms with Gasteiger partial charge in [-0.1, -0.05) is 0 Å². The molecule has 0 radical (unpaired) electrons. The number of ether oxygens (including phenoxy) is 1. The highest BCUT2D eigenvalue weighted by Crippen LogP contribution is 2.26. The topological polar surface area (TPSA) is 29.5 Å². The van der Waals surface area contributed by atoms with E-state index in [-0.39, 0.29) is 5.91 Å². The lowest BCUT2D eigenvalue weighted by Gasteiger charge is -2.26. The van der Waals surface area contributed by atoms with Crippen LogP contribution >= 0.6 is 23.1 Å². The highest BCUT2D eigenvalue weighted by molar-refractivity contribution is 8.00. The summed E-state index contributed by atoms with van der Waals surface area (Å²) in [4.78, 5) is 16.8. The van der Waals surface area contributed by atoms with E-state index in [4.69, 9.17) is 4.74 Å². The summed E-state index contributed by atoms with van der Waals surface area (Å²) in [5.41, 5.74) is 1.31. The fourth-order valence-electron chi connectivity index (χ4n) is 2.37. The molecule has 21 heavy (non-hydrogen) atoms. The van der Waals surface area contributed by atoms with Crippen molar-refractivity contribution in [3.8, 4) is 5.75 Å². The number of hydrogen-bond donors (Lipinski definition) is 0. The van der Waals surface area contributed by atoms with Crippen molar-refractivity contribution in [2.75, 3.05) is 19.4 Å². The van der Waals surface area contributed by atoms with Gasteiger partial charge in [0.2, 0.25) is 5.91 Å². The van der Waals surface area contributed by atoms with E-state index in [9.17, 15) is 4.79 Å². The molecule has 0 aliphatic carbocycles. The first-order valence-corrected chi connectivity index (χ1v) is 8.72. The summed E-state index contributed by atoms with van der Waals surface area (Å²) in [6.07, 6.45) is 0.992. The summed E-state index contributed by atoms with van der Waals surface area (Å²) in [5.74, 6) is 1.55. The van der Waals surface area contributed by atoms with E-state index >= 15 is 0 Å². The van der Waals surface area contributed by atoms with Gasteiger partial charge in [0.15, 0.2) is 0 Å². The third-order valence-electron chi connectivity index (χ3n) is 3.58. The van der Waals surface area contributed by atoms with Gasteiger partial charge in [0.25, 0.3) is 0 Å². The number of fused-ring (bicyclic) bond motifs is 1. The summed E-state index contributed by atoms with van der Waals surface area (Å²) < 4.78 is 5.13. The lowest BCUT2D eigenvalue weighted by molar-refractivity contribution is -0.129. The number of carbonyl (C=O) groups excluding carboxylic acids is 1. The molecule has 2 aromatic rings. The fourth-order valence-corrected chi connectivity index (χ4v) is 4.06. The van der Waals surface area contributed by atoms with E-state index in [1.807, 2.05) is 29.2 Å². The zero-order valence-electron chi connectivity index (χ0n) is 11.9. The Bertz CT molecular complexity index is 621. The predicted octanol–water partition coefficient (Wildman–Crippen LogP) is 3.43. The normalized spacial score (nSPS) is 13.9. The van der Waals surface area contributed by atoms with Gasteiger partial charge in [-0.15, -0.1) is 23.1 Å². The van der Waals surface area contributed by atoms with Crippen LogP contribution in [-0.4, -0.2) is 30.2 Å². The first kappa shape index (κ1) is 14.5. The maximum atomic E-state index is 12.3. The summed E-state index contributed by atoms with van der Waals surface area (Å²) in [6, 6.07) is 9.96. The van der Waals surface area contributed by atoms with Crippen LogP contribution in [0.5, 0.6) is 5.75 Å². The van der Waals surface area contributed by atoms with Crippen LogP contribution in [-0.2, 0) is 17.8 Å². The maximum absolute atomic E-state index is 12.3. The first-order valence-electron chi connectivity index (χ1n) is 6.86. The van der Waals surface area contributed by atoms with Gasteiger partial charge in [0, 0.05) is 22.9 Å². The molecular formula is C16H17NO2S2. The van der Waals surface area contributed by atoms with Gasteiger partial charge < -0.3 is 9.64 Å². The molecule has 0 saturated carbocycles. The van der Waals surface area contributed by atoms with Crippen LogP contribution in [0.4, 0.5) is 0 Å². The van der Waals surface area contributed by atoms with E-state index in [2.05, 4.69) is 11.4 Å². The van der Waals surface area contributed by atoms with Crippen LogP contribution in [0.1, 0.15) is 10.4 Å². The average molecular weight is 319 g/mol. The second-order valence-electron chi connectivity index (χ2n) is 4.90. The quantitative estimate of drug-likeness (QED) is 0.809. The third kappa shape index (κ3) is 3.41. The second kappa shape index (κ2) is 6.54. The van der Waals surface area contributed by atoms with Crippen LogP contribution in [0.3, 0.4) is 0 Å². The summed E-state index contributed by atoms with van der Waals surface area (Å²) in [7, 11) is 1.65. The van der Waals surface area contributed by atoms with Crippen molar-refractivity contribution in [2.45, 2.75) is 17.9 Å². The summed E-state index contributed by atoms with van der Waals surface area (Å²) >= 11 is 3.38. The second-order valence-corrected chi connectivity index (χ2v) is 6.95. The Morgan fingerprint density at radius 1 is 1.33 bits per heavy atom. The number of nitrogens with zero attached hydrogens (tertiary/aromatic N) is 1. The third-order valence-corrected chi connectivity index (χ3v) is 5.60. The number of carbonyl (C=O) groups is 1. The predicted molar refractivity (Wildman–Crippen MR) is 87.2 cm³/mol. The monoisotopic (exact) mass is 319 g/mol. The number of methoxy groups -OCH3 is 1. The van der Waals surface area contributed by atoms with Crippen molar-refractivity contribution < 1.29 is 9.53 Å². The van der Waals surface area contributed by atoms with Crippen molar-refractivity contribution in [1.82, 2.24) is 4.90 Å². The molecule has 3 rings (SSSR count). The van der Waals surface area contributed by atoms with Crippen molar-refractivity contribution >= 4 is 29.0 Å². The molecule has 0 unspecified atom stereocenters. The molecule has 0 bridgehead atoms. The Morgan fingerprint density at radius 2 is 2.14 bits per heavy atom. The Morgan fingerprint density at radius 3 is 2.90 bits per heavy atom. The molecule has 0 atom stereocenters. The molecule has 0 fully saturated rings. The average Bonchev–Trinajstić information content (AvgIpc) is 3.00. The standard InChI is InChI=1S/C16H17NO2S2/c1-19-13-2-4-14(5-3-13)21-11-16(18)17-8-6-15-12(10-17)7-9-20-15/h2-5,7,9H,6,8,10-11H2,1H3. The highest BCUT2D eigenvalue weighted by atomic mass is 32.2. The molecule has 3 nitrogen and oxygen atoms in total. The molecule has 5 heteroatoms. The molecule has 1 aromatic carbocycles. The van der Waals surface area contributed by atoms with Gasteiger partial charge in [0.1, 0.15) is 5.75 Å². The molecule has 110 valence electrons. The van der Waals surface area contributed by atoms with Crippen LogP contribution in [0.2, 0.25) is 0 Å². The lowest BCUT2D eigenvalue weighted by Crippen LogP contribution is -2.36. The highest BCUT2D eigenvalue weighted by Gasteiger charge is 2.21. The number of amides is 1. The van der Waals surface area contributed by atoms with Gasteiger partial charge in [-0.05, 0) is 47.7 Å². The Hall–Kier alpha value is -1.46. The molecule has 1 aliphatic rings. The van der Waals surface area contributed by atoms with Crippen molar-refractivity contribution in [3.05, 3.63) is 46.2 Å².